The normalized spacial score (nSPS) is 11.6. The van der Waals surface area contributed by atoms with E-state index in [-0.39, 0.29) is 5.52 Å². The van der Waals surface area contributed by atoms with Crippen LogP contribution in [0.5, 0.6) is 11.5 Å². The predicted molar refractivity (Wildman–Crippen MR) is 136 cm³/mol. The second kappa shape index (κ2) is 10.9. The molecule has 2 aromatic carbocycles. The van der Waals surface area contributed by atoms with Crippen LogP contribution in [-0.4, -0.2) is 34.6 Å². The molecule has 8 heteroatoms. The Bertz CT molecular complexity index is 1400. The van der Waals surface area contributed by atoms with Crippen LogP contribution >= 0.6 is 0 Å². The van der Waals surface area contributed by atoms with Gasteiger partial charge < -0.3 is 19.4 Å². The van der Waals surface area contributed by atoms with Crippen molar-refractivity contribution >= 4 is 28.2 Å². The van der Waals surface area contributed by atoms with E-state index in [0.29, 0.717) is 23.4 Å². The van der Waals surface area contributed by atoms with Gasteiger partial charge in [-0.3, -0.25) is 4.79 Å². The van der Waals surface area contributed by atoms with Gasteiger partial charge in [-0.15, -0.1) is 4.68 Å². The highest BCUT2D eigenvalue weighted by atomic mass is 16.5. The highest BCUT2D eigenvalue weighted by Crippen LogP contribution is 2.24. The largest absolute Gasteiger partial charge is 0.497 e. The Kier molecular flexibility index (Phi) is 7.47. The number of benzene rings is 2. The third kappa shape index (κ3) is 5.22. The van der Waals surface area contributed by atoms with Crippen LogP contribution in [0, 0.1) is 0 Å². The molecule has 34 heavy (non-hydrogen) atoms. The molecule has 0 atom stereocenters. The molecule has 2 aromatic heterocycles. The van der Waals surface area contributed by atoms with Gasteiger partial charge in [0.15, 0.2) is 0 Å². The summed E-state index contributed by atoms with van der Waals surface area (Å²) in [4.78, 5) is 31.3. The minimum Gasteiger partial charge on any atom is -0.497 e. The molecule has 2 heterocycles. The van der Waals surface area contributed by atoms with Crippen LogP contribution in [0.1, 0.15) is 51.0 Å². The van der Waals surface area contributed by atoms with Gasteiger partial charge in [0.05, 0.1) is 31.0 Å². The lowest BCUT2D eigenvalue weighted by Gasteiger charge is -2.06. The molecular weight excluding hydrogens is 432 g/mol. The SMILES string of the molecule is CCCCCCCCOc1ccc(C=Nn2c(=O)[nH]c3c([nH]c4cc(OC)ccc43)c2=O)cc1. The first-order valence-electron chi connectivity index (χ1n) is 11.7. The summed E-state index contributed by atoms with van der Waals surface area (Å²) < 4.78 is 11.8. The second-order valence-corrected chi connectivity index (χ2v) is 8.26. The van der Waals surface area contributed by atoms with Gasteiger partial charge >= 0.3 is 11.2 Å². The third-order valence-electron chi connectivity index (χ3n) is 5.81. The maximum atomic E-state index is 12.9. The van der Waals surface area contributed by atoms with Crippen LogP contribution in [-0.2, 0) is 0 Å². The number of nitrogens with zero attached hydrogens (tertiary/aromatic N) is 2. The Morgan fingerprint density at radius 3 is 2.41 bits per heavy atom. The van der Waals surface area contributed by atoms with Crippen molar-refractivity contribution in [3.05, 3.63) is 68.9 Å². The van der Waals surface area contributed by atoms with Gasteiger partial charge in [-0.2, -0.15) is 5.10 Å². The summed E-state index contributed by atoms with van der Waals surface area (Å²) in [5.74, 6) is 1.44. The zero-order valence-electron chi connectivity index (χ0n) is 19.6. The topological polar surface area (TPSA) is 101 Å². The quantitative estimate of drug-likeness (QED) is 0.247. The molecule has 0 spiro atoms. The number of hydrogen-bond donors (Lipinski definition) is 2. The Labute approximate surface area is 197 Å². The molecule has 4 aromatic rings. The molecule has 0 radical (unpaired) electrons. The van der Waals surface area contributed by atoms with Crippen molar-refractivity contribution in [3.63, 3.8) is 0 Å². The summed E-state index contributed by atoms with van der Waals surface area (Å²) in [7, 11) is 1.57. The monoisotopic (exact) mass is 462 g/mol. The number of fused-ring (bicyclic) bond motifs is 3. The van der Waals surface area contributed by atoms with E-state index in [9.17, 15) is 9.59 Å². The van der Waals surface area contributed by atoms with Crippen molar-refractivity contribution in [2.75, 3.05) is 13.7 Å². The summed E-state index contributed by atoms with van der Waals surface area (Å²) in [5, 5.41) is 4.85. The van der Waals surface area contributed by atoms with E-state index in [1.54, 1.807) is 25.3 Å². The van der Waals surface area contributed by atoms with Gasteiger partial charge in [0, 0.05) is 11.5 Å². The van der Waals surface area contributed by atoms with E-state index in [1.807, 2.05) is 24.3 Å². The van der Waals surface area contributed by atoms with Gasteiger partial charge in [-0.05, 0) is 48.4 Å². The van der Waals surface area contributed by atoms with Gasteiger partial charge in [-0.25, -0.2) is 4.79 Å². The standard InChI is InChI=1S/C26H30N4O4/c1-3-4-5-6-7-8-15-34-19-11-9-18(10-12-19)17-27-30-25(31)24-23(29-26(30)32)21-14-13-20(33-2)16-22(21)28-24/h9-14,16-17,28H,3-8,15H2,1-2H3,(H,29,32). The molecule has 4 rings (SSSR count). The van der Waals surface area contributed by atoms with E-state index in [0.717, 1.165) is 27.8 Å². The number of unbranched alkanes of at least 4 members (excludes halogenated alkanes) is 5. The molecule has 0 unspecified atom stereocenters. The number of nitrogens with one attached hydrogen (secondary N) is 2. The van der Waals surface area contributed by atoms with Crippen LogP contribution in [0.15, 0.2) is 57.2 Å². The van der Waals surface area contributed by atoms with Gasteiger partial charge in [0.2, 0.25) is 0 Å². The lowest BCUT2D eigenvalue weighted by molar-refractivity contribution is 0.304. The lowest BCUT2D eigenvalue weighted by Crippen LogP contribution is -2.32. The third-order valence-corrected chi connectivity index (χ3v) is 5.81. The first-order valence-corrected chi connectivity index (χ1v) is 11.7. The minimum atomic E-state index is -0.607. The molecule has 0 aliphatic carbocycles. The number of hydrogen-bond acceptors (Lipinski definition) is 5. The number of methoxy groups -OCH3 is 1. The Balaban J connectivity index is 1.45. The fourth-order valence-electron chi connectivity index (χ4n) is 3.90. The Morgan fingerprint density at radius 1 is 0.912 bits per heavy atom. The van der Waals surface area contributed by atoms with Crippen LogP contribution in [0.3, 0.4) is 0 Å². The molecule has 0 saturated carbocycles. The smallest absolute Gasteiger partial charge is 0.350 e. The number of H-pyrrole nitrogens is 2. The number of ether oxygens (including phenoxy) is 2. The molecule has 0 saturated heterocycles. The molecule has 0 bridgehead atoms. The highest BCUT2D eigenvalue weighted by Gasteiger charge is 2.13. The summed E-state index contributed by atoms with van der Waals surface area (Å²) in [6, 6.07) is 12.8. The number of rotatable bonds is 11. The van der Waals surface area contributed by atoms with Crippen molar-refractivity contribution in [2.24, 2.45) is 5.10 Å². The van der Waals surface area contributed by atoms with Crippen molar-refractivity contribution in [3.8, 4) is 11.5 Å². The van der Waals surface area contributed by atoms with Gasteiger partial charge in [0.1, 0.15) is 17.0 Å². The first kappa shape index (κ1) is 23.4. The van der Waals surface area contributed by atoms with E-state index >= 15 is 0 Å². The summed E-state index contributed by atoms with van der Waals surface area (Å²) >= 11 is 0. The van der Waals surface area contributed by atoms with Crippen LogP contribution < -0.4 is 20.7 Å². The lowest BCUT2D eigenvalue weighted by atomic mass is 10.1. The van der Waals surface area contributed by atoms with Gasteiger partial charge in [0.25, 0.3) is 0 Å². The summed E-state index contributed by atoms with van der Waals surface area (Å²) in [5.41, 5.74) is 1.04. The van der Waals surface area contributed by atoms with E-state index < -0.39 is 11.2 Å². The molecular formula is C26H30N4O4. The van der Waals surface area contributed by atoms with Crippen molar-refractivity contribution in [1.29, 1.82) is 0 Å². The average molecular weight is 463 g/mol. The minimum absolute atomic E-state index is 0.276. The predicted octanol–water partition coefficient (Wildman–Crippen LogP) is 4.80. The zero-order chi connectivity index (χ0) is 23.9. The first-order chi connectivity index (χ1) is 16.6. The second-order valence-electron chi connectivity index (χ2n) is 8.26. The van der Waals surface area contributed by atoms with Crippen LogP contribution in [0.2, 0.25) is 0 Å². The van der Waals surface area contributed by atoms with Crippen molar-refractivity contribution in [2.45, 2.75) is 45.4 Å². The van der Waals surface area contributed by atoms with Crippen molar-refractivity contribution in [1.82, 2.24) is 14.6 Å². The van der Waals surface area contributed by atoms with E-state index in [4.69, 9.17) is 9.47 Å². The Morgan fingerprint density at radius 2 is 1.65 bits per heavy atom. The fraction of sp³-hybridized carbons (Fsp3) is 0.346. The summed E-state index contributed by atoms with van der Waals surface area (Å²) in [6.07, 6.45) is 8.80. The van der Waals surface area contributed by atoms with E-state index in [1.165, 1.54) is 38.3 Å². The molecule has 8 nitrogen and oxygen atoms in total. The maximum absolute atomic E-state index is 12.9. The number of aromatic amines is 2. The molecule has 0 aliphatic rings. The van der Waals surface area contributed by atoms with Crippen LogP contribution in [0.4, 0.5) is 0 Å². The number of aromatic nitrogens is 3. The molecule has 0 aliphatic heterocycles. The average Bonchev–Trinajstić information content (AvgIpc) is 3.22. The highest BCUT2D eigenvalue weighted by molar-refractivity contribution is 6.04. The molecule has 2 N–H and O–H groups in total. The fourth-order valence-corrected chi connectivity index (χ4v) is 3.90. The van der Waals surface area contributed by atoms with Crippen LogP contribution in [0.25, 0.3) is 21.9 Å². The van der Waals surface area contributed by atoms with Crippen molar-refractivity contribution < 1.29 is 9.47 Å². The maximum Gasteiger partial charge on any atom is 0.350 e. The van der Waals surface area contributed by atoms with Gasteiger partial charge in [-0.1, -0.05) is 39.0 Å². The molecule has 0 fully saturated rings. The molecule has 0 amide bonds. The zero-order valence-corrected chi connectivity index (χ0v) is 19.6. The Hall–Kier alpha value is -3.81. The molecule has 178 valence electrons. The summed E-state index contributed by atoms with van der Waals surface area (Å²) in [6.45, 7) is 2.91. The van der Waals surface area contributed by atoms with E-state index in [2.05, 4.69) is 22.0 Å².